The SMILES string of the molecule is COC(=O)[C@H]1C[C@@H](O)[C@H]2[C@@H]3CC[C@@H]4C[C@@H](O)CC[C@]4(C)[C@H]3CC[C@@]21C. The lowest BCUT2D eigenvalue weighted by Gasteiger charge is -2.61. The predicted octanol–water partition coefficient (Wildman–Crippen LogP) is 3.15. The first-order chi connectivity index (χ1) is 11.8. The third-order valence-corrected chi connectivity index (χ3v) is 9.11. The van der Waals surface area contributed by atoms with E-state index in [1.54, 1.807) is 0 Å². The maximum atomic E-state index is 12.3. The fourth-order valence-corrected chi connectivity index (χ4v) is 7.81. The number of rotatable bonds is 1. The summed E-state index contributed by atoms with van der Waals surface area (Å²) in [6.45, 7) is 4.67. The normalized spacial score (nSPS) is 55.0. The van der Waals surface area contributed by atoms with Crippen LogP contribution in [0.2, 0.25) is 0 Å². The summed E-state index contributed by atoms with van der Waals surface area (Å²) >= 11 is 0. The van der Waals surface area contributed by atoms with Crippen LogP contribution < -0.4 is 0 Å². The summed E-state index contributed by atoms with van der Waals surface area (Å²) in [5, 5.41) is 21.0. The van der Waals surface area contributed by atoms with E-state index < -0.39 is 0 Å². The molecule has 0 heterocycles. The Morgan fingerprint density at radius 2 is 1.72 bits per heavy atom. The third-order valence-electron chi connectivity index (χ3n) is 9.11. The molecule has 4 aliphatic rings. The number of aliphatic hydroxyl groups excluding tert-OH is 2. The second-order valence-corrected chi connectivity index (χ2v) is 9.93. The Balaban J connectivity index is 1.64. The summed E-state index contributed by atoms with van der Waals surface area (Å²) in [6, 6.07) is 0. The van der Waals surface area contributed by atoms with E-state index in [4.69, 9.17) is 4.74 Å². The molecule has 9 atom stereocenters. The molecule has 142 valence electrons. The average Bonchev–Trinajstić information content (AvgIpc) is 2.86. The van der Waals surface area contributed by atoms with Crippen molar-refractivity contribution in [1.82, 2.24) is 0 Å². The van der Waals surface area contributed by atoms with Gasteiger partial charge in [0.15, 0.2) is 0 Å². The number of carbonyl (C=O) groups excluding carboxylic acids is 1. The Morgan fingerprint density at radius 1 is 1.00 bits per heavy atom. The highest BCUT2D eigenvalue weighted by molar-refractivity contribution is 5.74. The molecule has 0 aromatic rings. The number of hydrogen-bond donors (Lipinski definition) is 2. The van der Waals surface area contributed by atoms with Crippen molar-refractivity contribution in [3.05, 3.63) is 0 Å². The van der Waals surface area contributed by atoms with E-state index in [0.717, 1.165) is 44.9 Å². The van der Waals surface area contributed by atoms with Gasteiger partial charge in [-0.15, -0.1) is 0 Å². The number of esters is 1. The zero-order valence-corrected chi connectivity index (χ0v) is 15.9. The van der Waals surface area contributed by atoms with Crippen LogP contribution in [0, 0.1) is 40.4 Å². The largest absolute Gasteiger partial charge is 0.469 e. The zero-order valence-electron chi connectivity index (χ0n) is 15.9. The van der Waals surface area contributed by atoms with Crippen molar-refractivity contribution < 1.29 is 19.7 Å². The van der Waals surface area contributed by atoms with Gasteiger partial charge in [-0.05, 0) is 85.9 Å². The smallest absolute Gasteiger partial charge is 0.309 e. The monoisotopic (exact) mass is 350 g/mol. The van der Waals surface area contributed by atoms with Crippen molar-refractivity contribution in [2.24, 2.45) is 40.4 Å². The van der Waals surface area contributed by atoms with E-state index in [0.29, 0.717) is 29.6 Å². The number of ether oxygens (including phenoxy) is 1. The minimum absolute atomic E-state index is 0.120. The Labute approximate surface area is 151 Å². The molecule has 2 N–H and O–H groups in total. The molecule has 0 aromatic carbocycles. The van der Waals surface area contributed by atoms with Crippen molar-refractivity contribution in [1.29, 1.82) is 0 Å². The first kappa shape index (κ1) is 17.8. The molecule has 4 saturated carbocycles. The van der Waals surface area contributed by atoms with Crippen LogP contribution in [0.5, 0.6) is 0 Å². The van der Waals surface area contributed by atoms with E-state index in [2.05, 4.69) is 13.8 Å². The molecule has 25 heavy (non-hydrogen) atoms. The van der Waals surface area contributed by atoms with Crippen molar-refractivity contribution in [2.45, 2.75) is 77.4 Å². The van der Waals surface area contributed by atoms with E-state index in [-0.39, 0.29) is 35.4 Å². The topological polar surface area (TPSA) is 66.8 Å². The van der Waals surface area contributed by atoms with Crippen LogP contribution in [0.25, 0.3) is 0 Å². The molecule has 4 heteroatoms. The number of fused-ring (bicyclic) bond motifs is 5. The molecule has 4 aliphatic carbocycles. The first-order valence-electron chi connectivity index (χ1n) is 10.2. The van der Waals surface area contributed by atoms with Crippen molar-refractivity contribution in [3.63, 3.8) is 0 Å². The van der Waals surface area contributed by atoms with Crippen molar-refractivity contribution >= 4 is 5.97 Å². The van der Waals surface area contributed by atoms with Crippen LogP contribution in [0.1, 0.15) is 65.2 Å². The Bertz CT molecular complexity index is 548. The summed E-state index contributed by atoms with van der Waals surface area (Å²) in [7, 11) is 1.47. The van der Waals surface area contributed by atoms with Gasteiger partial charge in [0.2, 0.25) is 0 Å². The minimum atomic E-state index is -0.378. The highest BCUT2D eigenvalue weighted by Gasteiger charge is 2.64. The van der Waals surface area contributed by atoms with E-state index in [1.807, 2.05) is 0 Å². The highest BCUT2D eigenvalue weighted by atomic mass is 16.5. The Hall–Kier alpha value is -0.610. The summed E-state index contributed by atoms with van der Waals surface area (Å²) in [5.41, 5.74) is 0.178. The van der Waals surface area contributed by atoms with Gasteiger partial charge in [-0.25, -0.2) is 0 Å². The average molecular weight is 350 g/mol. The number of carbonyl (C=O) groups is 1. The van der Waals surface area contributed by atoms with Crippen LogP contribution in [0.4, 0.5) is 0 Å². The van der Waals surface area contributed by atoms with Crippen LogP contribution in [-0.2, 0) is 9.53 Å². The molecule has 0 bridgehead atoms. The lowest BCUT2D eigenvalue weighted by Crippen LogP contribution is -2.55. The lowest BCUT2D eigenvalue weighted by molar-refractivity contribution is -0.159. The van der Waals surface area contributed by atoms with Crippen LogP contribution in [-0.4, -0.2) is 35.5 Å². The summed E-state index contributed by atoms with van der Waals surface area (Å²) in [4.78, 5) is 12.3. The van der Waals surface area contributed by atoms with Crippen LogP contribution in [0.15, 0.2) is 0 Å². The number of aliphatic hydroxyl groups is 2. The van der Waals surface area contributed by atoms with Crippen LogP contribution >= 0.6 is 0 Å². The Kier molecular flexibility index (Phi) is 4.23. The molecule has 4 rings (SSSR count). The molecule has 0 aromatic heterocycles. The molecule has 0 radical (unpaired) electrons. The molecular formula is C21H34O4. The van der Waals surface area contributed by atoms with Gasteiger partial charge >= 0.3 is 5.97 Å². The Morgan fingerprint density at radius 3 is 2.44 bits per heavy atom. The fraction of sp³-hybridized carbons (Fsp3) is 0.952. The first-order valence-corrected chi connectivity index (χ1v) is 10.2. The summed E-state index contributed by atoms with van der Waals surface area (Å²) in [5.74, 6) is 1.69. The highest BCUT2D eigenvalue weighted by Crippen LogP contribution is 2.67. The minimum Gasteiger partial charge on any atom is -0.469 e. The standard InChI is InChI=1S/C21H34O4/c1-20-8-6-13(22)10-12(20)4-5-14-15(20)7-9-21(2)16(19(24)25-3)11-17(23)18(14)21/h12-18,22-23H,4-11H2,1-3H3/t12-,13+,14-,15+,16-,17-,18-,20+,21-/m1/s1. The van der Waals surface area contributed by atoms with Gasteiger partial charge < -0.3 is 14.9 Å². The molecule has 0 saturated heterocycles. The van der Waals surface area contributed by atoms with Gasteiger partial charge in [0.1, 0.15) is 0 Å². The summed E-state index contributed by atoms with van der Waals surface area (Å²) in [6.07, 6.45) is 7.53. The molecule has 4 fully saturated rings. The quantitative estimate of drug-likeness (QED) is 0.713. The maximum absolute atomic E-state index is 12.3. The van der Waals surface area contributed by atoms with Gasteiger partial charge in [-0.3, -0.25) is 4.79 Å². The van der Waals surface area contributed by atoms with Gasteiger partial charge in [-0.2, -0.15) is 0 Å². The molecule has 4 nitrogen and oxygen atoms in total. The van der Waals surface area contributed by atoms with E-state index >= 15 is 0 Å². The molecule has 0 spiro atoms. The van der Waals surface area contributed by atoms with E-state index in [9.17, 15) is 15.0 Å². The third kappa shape index (κ3) is 2.43. The van der Waals surface area contributed by atoms with Gasteiger partial charge in [-0.1, -0.05) is 13.8 Å². The number of hydrogen-bond acceptors (Lipinski definition) is 4. The van der Waals surface area contributed by atoms with Gasteiger partial charge in [0.25, 0.3) is 0 Å². The van der Waals surface area contributed by atoms with Gasteiger partial charge in [0.05, 0.1) is 25.2 Å². The lowest BCUT2D eigenvalue weighted by atomic mass is 9.44. The zero-order chi connectivity index (χ0) is 18.0. The molecular weight excluding hydrogens is 316 g/mol. The summed E-state index contributed by atoms with van der Waals surface area (Å²) < 4.78 is 5.07. The van der Waals surface area contributed by atoms with E-state index in [1.165, 1.54) is 7.11 Å². The van der Waals surface area contributed by atoms with Crippen molar-refractivity contribution in [2.75, 3.05) is 7.11 Å². The maximum Gasteiger partial charge on any atom is 0.309 e. The molecule has 0 amide bonds. The molecule has 0 unspecified atom stereocenters. The number of methoxy groups -OCH3 is 1. The predicted molar refractivity (Wildman–Crippen MR) is 94.6 cm³/mol. The second kappa shape index (κ2) is 5.95. The van der Waals surface area contributed by atoms with Crippen LogP contribution in [0.3, 0.4) is 0 Å². The fourth-order valence-electron chi connectivity index (χ4n) is 7.81. The van der Waals surface area contributed by atoms with Crippen molar-refractivity contribution in [3.8, 4) is 0 Å². The van der Waals surface area contributed by atoms with Gasteiger partial charge in [0, 0.05) is 0 Å². The molecule has 0 aliphatic heterocycles. The second-order valence-electron chi connectivity index (χ2n) is 9.93.